The van der Waals surface area contributed by atoms with Crippen LogP contribution in [-0.4, -0.2) is 34.2 Å². The van der Waals surface area contributed by atoms with E-state index < -0.39 is 42.1 Å². The van der Waals surface area contributed by atoms with Crippen LogP contribution in [0.15, 0.2) is 18.2 Å². The van der Waals surface area contributed by atoms with Gasteiger partial charge in [-0.25, -0.2) is 18.4 Å². The van der Waals surface area contributed by atoms with Crippen molar-refractivity contribution < 1.29 is 33.4 Å². The van der Waals surface area contributed by atoms with Crippen LogP contribution in [0.2, 0.25) is 0 Å². The van der Waals surface area contributed by atoms with Gasteiger partial charge in [0, 0.05) is 18.2 Å². The summed E-state index contributed by atoms with van der Waals surface area (Å²) in [6.45, 7) is -0.308. The molecule has 9 heteroatoms. The second-order valence-electron chi connectivity index (χ2n) is 4.05. The van der Waals surface area contributed by atoms with Gasteiger partial charge in [0.1, 0.15) is 17.7 Å². The fraction of sp³-hybridized carbons (Fsp3) is 0.250. The first kappa shape index (κ1) is 16.3. The molecule has 7 nitrogen and oxygen atoms in total. The molecule has 1 aromatic carbocycles. The number of carboxylic acid groups (broad SMARTS) is 2. The van der Waals surface area contributed by atoms with Crippen LogP contribution in [0.4, 0.5) is 13.6 Å². The number of carbonyl (C=O) groups is 3. The first-order valence-electron chi connectivity index (χ1n) is 5.72. The predicted molar refractivity (Wildman–Crippen MR) is 65.4 cm³/mol. The van der Waals surface area contributed by atoms with Gasteiger partial charge in [-0.15, -0.1) is 0 Å². The number of carbonyl (C=O) groups excluding carboxylic acids is 1. The van der Waals surface area contributed by atoms with Crippen LogP contribution in [-0.2, 0) is 16.1 Å². The van der Waals surface area contributed by atoms with Crippen LogP contribution in [0.1, 0.15) is 12.0 Å². The summed E-state index contributed by atoms with van der Waals surface area (Å²) in [6, 6.07) is 0.173. The summed E-state index contributed by atoms with van der Waals surface area (Å²) in [5.41, 5.74) is -0.00309. The topological polar surface area (TPSA) is 116 Å². The fourth-order valence-electron chi connectivity index (χ4n) is 1.42. The summed E-state index contributed by atoms with van der Waals surface area (Å²) < 4.78 is 25.9. The minimum Gasteiger partial charge on any atom is -0.481 e. The van der Waals surface area contributed by atoms with Crippen molar-refractivity contribution in [2.45, 2.75) is 19.0 Å². The summed E-state index contributed by atoms with van der Waals surface area (Å²) in [5.74, 6) is -4.54. The minimum atomic E-state index is -1.61. The second kappa shape index (κ2) is 7.17. The third-order valence-electron chi connectivity index (χ3n) is 2.44. The van der Waals surface area contributed by atoms with E-state index in [9.17, 15) is 23.2 Å². The first-order valence-corrected chi connectivity index (χ1v) is 5.72. The first-order chi connectivity index (χ1) is 9.79. The Morgan fingerprint density at radius 2 is 1.86 bits per heavy atom. The number of hydrogen-bond donors (Lipinski definition) is 4. The Balaban J connectivity index is 2.56. The molecule has 21 heavy (non-hydrogen) atoms. The highest BCUT2D eigenvalue weighted by atomic mass is 19.1. The number of rotatable bonds is 6. The molecule has 2 amide bonds. The summed E-state index contributed by atoms with van der Waals surface area (Å²) in [4.78, 5) is 32.6. The van der Waals surface area contributed by atoms with Gasteiger partial charge in [0.2, 0.25) is 0 Å². The highest BCUT2D eigenvalue weighted by molar-refractivity contribution is 5.86. The normalized spacial score (nSPS) is 11.5. The molecular formula is C12H12F2N2O5. The molecule has 114 valence electrons. The Morgan fingerprint density at radius 1 is 1.19 bits per heavy atom. The zero-order valence-electron chi connectivity index (χ0n) is 10.6. The van der Waals surface area contributed by atoms with E-state index in [2.05, 4.69) is 5.32 Å². The van der Waals surface area contributed by atoms with Crippen molar-refractivity contribution in [3.63, 3.8) is 0 Å². The van der Waals surface area contributed by atoms with E-state index in [-0.39, 0.29) is 12.1 Å². The van der Waals surface area contributed by atoms with Gasteiger partial charge in [-0.05, 0) is 6.07 Å². The zero-order chi connectivity index (χ0) is 16.0. The lowest BCUT2D eigenvalue weighted by Crippen LogP contribution is -2.46. The van der Waals surface area contributed by atoms with Gasteiger partial charge in [-0.3, -0.25) is 4.79 Å². The molecule has 0 aliphatic rings. The number of nitrogens with one attached hydrogen (secondary N) is 2. The van der Waals surface area contributed by atoms with E-state index in [4.69, 9.17) is 10.2 Å². The molecular weight excluding hydrogens is 290 g/mol. The predicted octanol–water partition coefficient (Wildman–Crippen LogP) is 0.692. The molecule has 0 radical (unpaired) electrons. The van der Waals surface area contributed by atoms with E-state index in [1.54, 1.807) is 0 Å². The Labute approximate surface area is 117 Å². The van der Waals surface area contributed by atoms with Crippen LogP contribution < -0.4 is 10.6 Å². The van der Waals surface area contributed by atoms with E-state index in [1.807, 2.05) is 5.32 Å². The summed E-state index contributed by atoms with van der Waals surface area (Å²) in [5, 5.41) is 21.3. The third-order valence-corrected chi connectivity index (χ3v) is 2.44. The molecule has 0 fully saturated rings. The van der Waals surface area contributed by atoms with Crippen LogP contribution >= 0.6 is 0 Å². The van der Waals surface area contributed by atoms with Gasteiger partial charge in [0.05, 0.1) is 6.42 Å². The maximum absolute atomic E-state index is 13.3. The van der Waals surface area contributed by atoms with Crippen molar-refractivity contribution in [3.8, 4) is 0 Å². The number of urea groups is 1. The monoisotopic (exact) mass is 302 g/mol. The van der Waals surface area contributed by atoms with Crippen LogP contribution in [0.5, 0.6) is 0 Å². The molecule has 4 N–H and O–H groups in total. The molecule has 1 rings (SSSR count). The largest absolute Gasteiger partial charge is 0.481 e. The molecule has 0 aromatic heterocycles. The maximum atomic E-state index is 13.3. The van der Waals surface area contributed by atoms with Gasteiger partial charge >= 0.3 is 18.0 Å². The smallest absolute Gasteiger partial charge is 0.326 e. The molecule has 0 aliphatic heterocycles. The van der Waals surface area contributed by atoms with E-state index in [0.717, 1.165) is 12.1 Å². The standard InChI is InChI=1S/C12H12F2N2O5/c13-7-2-1-6(8(14)3-7)5-15-12(21)16-9(11(19)20)4-10(17)18/h1-3,9H,4-5H2,(H,17,18)(H,19,20)(H2,15,16,21). The molecule has 0 saturated heterocycles. The fourth-order valence-corrected chi connectivity index (χ4v) is 1.42. The summed E-state index contributed by atoms with van der Waals surface area (Å²) in [6.07, 6.45) is -0.798. The Bertz CT molecular complexity index is 565. The SMILES string of the molecule is O=C(O)CC(NC(=O)NCc1ccc(F)cc1F)C(=O)O. The van der Waals surface area contributed by atoms with Gasteiger partial charge in [0.15, 0.2) is 0 Å². The van der Waals surface area contributed by atoms with E-state index in [1.165, 1.54) is 0 Å². The Morgan fingerprint density at radius 3 is 2.38 bits per heavy atom. The Kier molecular flexibility index (Phi) is 5.58. The molecule has 1 aromatic rings. The lowest BCUT2D eigenvalue weighted by molar-refractivity contribution is -0.145. The van der Waals surface area contributed by atoms with Crippen LogP contribution in [0.3, 0.4) is 0 Å². The van der Waals surface area contributed by atoms with Crippen molar-refractivity contribution in [1.82, 2.24) is 10.6 Å². The highest BCUT2D eigenvalue weighted by Crippen LogP contribution is 2.08. The van der Waals surface area contributed by atoms with Gasteiger partial charge in [0.25, 0.3) is 0 Å². The molecule has 1 atom stereocenters. The number of benzene rings is 1. The minimum absolute atomic E-state index is 0.00309. The molecule has 1 unspecified atom stereocenters. The number of halogens is 2. The van der Waals surface area contributed by atoms with Crippen molar-refractivity contribution in [2.24, 2.45) is 0 Å². The highest BCUT2D eigenvalue weighted by Gasteiger charge is 2.22. The molecule has 0 saturated carbocycles. The average Bonchev–Trinajstić information content (AvgIpc) is 2.36. The van der Waals surface area contributed by atoms with Gasteiger partial charge in [-0.1, -0.05) is 6.07 Å². The van der Waals surface area contributed by atoms with Crippen molar-refractivity contribution in [3.05, 3.63) is 35.4 Å². The third kappa shape index (κ3) is 5.43. The Hall–Kier alpha value is -2.71. The lowest BCUT2D eigenvalue weighted by Gasteiger charge is -2.13. The average molecular weight is 302 g/mol. The number of hydrogen-bond acceptors (Lipinski definition) is 3. The summed E-state index contributed by atoms with van der Waals surface area (Å²) in [7, 11) is 0. The molecule has 0 spiro atoms. The van der Waals surface area contributed by atoms with Crippen molar-refractivity contribution in [1.29, 1.82) is 0 Å². The summed E-state index contributed by atoms with van der Waals surface area (Å²) >= 11 is 0. The number of carboxylic acids is 2. The quantitative estimate of drug-likeness (QED) is 0.617. The van der Waals surface area contributed by atoms with Crippen molar-refractivity contribution >= 4 is 18.0 Å². The van der Waals surface area contributed by atoms with E-state index in [0.29, 0.717) is 6.07 Å². The van der Waals surface area contributed by atoms with Crippen LogP contribution in [0, 0.1) is 11.6 Å². The molecule has 0 aliphatic carbocycles. The number of aliphatic carboxylic acids is 2. The van der Waals surface area contributed by atoms with E-state index >= 15 is 0 Å². The second-order valence-corrected chi connectivity index (χ2v) is 4.05. The van der Waals surface area contributed by atoms with Crippen molar-refractivity contribution in [2.75, 3.05) is 0 Å². The molecule has 0 heterocycles. The number of amides is 2. The molecule has 0 bridgehead atoms. The maximum Gasteiger partial charge on any atom is 0.326 e. The van der Waals surface area contributed by atoms with Gasteiger partial charge < -0.3 is 20.8 Å². The van der Waals surface area contributed by atoms with Crippen LogP contribution in [0.25, 0.3) is 0 Å². The zero-order valence-corrected chi connectivity index (χ0v) is 10.6. The lowest BCUT2D eigenvalue weighted by atomic mass is 10.2. The van der Waals surface area contributed by atoms with Gasteiger partial charge in [-0.2, -0.15) is 0 Å².